The summed E-state index contributed by atoms with van der Waals surface area (Å²) in [6.07, 6.45) is 2.56. The Morgan fingerprint density at radius 3 is 3.10 bits per heavy atom. The molecule has 112 valence electrons. The third kappa shape index (κ3) is 4.15. The molecule has 0 saturated heterocycles. The molecule has 2 aromatic rings. The van der Waals surface area contributed by atoms with Crippen molar-refractivity contribution in [2.45, 2.75) is 30.1 Å². The molecule has 0 aliphatic heterocycles. The lowest BCUT2D eigenvalue weighted by atomic mass is 10.4. The zero-order chi connectivity index (χ0) is 15.1. The number of nitrogens with zero attached hydrogens (tertiary/aromatic N) is 5. The lowest BCUT2D eigenvalue weighted by Crippen LogP contribution is -2.13. The van der Waals surface area contributed by atoms with Gasteiger partial charge in [-0.2, -0.15) is 0 Å². The van der Waals surface area contributed by atoms with Crippen molar-refractivity contribution in [1.29, 1.82) is 0 Å². The quantitative estimate of drug-likeness (QED) is 0.704. The number of pyridine rings is 1. The zero-order valence-corrected chi connectivity index (χ0v) is 12.5. The van der Waals surface area contributed by atoms with E-state index in [1.807, 2.05) is 13.0 Å². The normalized spacial score (nSPS) is 10.4. The molecule has 2 heterocycles. The van der Waals surface area contributed by atoms with Crippen LogP contribution in [0.3, 0.4) is 0 Å². The Bertz CT molecular complexity index is 604. The second-order valence-corrected chi connectivity index (χ2v) is 4.91. The fourth-order valence-electron chi connectivity index (χ4n) is 1.42. The lowest BCUT2D eigenvalue weighted by Gasteiger charge is -2.08. The molecule has 0 radical (unpaired) electrons. The zero-order valence-electron chi connectivity index (χ0n) is 11.7. The van der Waals surface area contributed by atoms with Crippen LogP contribution in [0.5, 0.6) is 5.75 Å². The Morgan fingerprint density at radius 2 is 2.33 bits per heavy atom. The van der Waals surface area contributed by atoms with Gasteiger partial charge in [0.2, 0.25) is 5.16 Å². The Balaban J connectivity index is 2.15. The molecular formula is C12H15N5O3S. The van der Waals surface area contributed by atoms with E-state index >= 15 is 0 Å². The van der Waals surface area contributed by atoms with Crippen LogP contribution in [0, 0.1) is 0 Å². The Hall–Kier alpha value is -2.16. The molecule has 0 N–H and O–H groups in total. The van der Waals surface area contributed by atoms with Crippen LogP contribution in [0.4, 0.5) is 0 Å². The predicted molar refractivity (Wildman–Crippen MR) is 74.0 cm³/mol. The first kappa shape index (κ1) is 15.2. The van der Waals surface area contributed by atoms with Gasteiger partial charge in [0.05, 0.1) is 13.7 Å². The van der Waals surface area contributed by atoms with Crippen molar-refractivity contribution < 1.29 is 14.3 Å². The summed E-state index contributed by atoms with van der Waals surface area (Å²) in [7, 11) is 1.31. The van der Waals surface area contributed by atoms with Gasteiger partial charge in [0.15, 0.2) is 5.75 Å². The summed E-state index contributed by atoms with van der Waals surface area (Å²) in [4.78, 5) is 15.6. The summed E-state index contributed by atoms with van der Waals surface area (Å²) in [6, 6.07) is 3.63. The maximum atomic E-state index is 11.3. The van der Waals surface area contributed by atoms with Gasteiger partial charge in [-0.3, -0.25) is 4.79 Å². The Morgan fingerprint density at radius 1 is 1.48 bits per heavy atom. The maximum absolute atomic E-state index is 11.3. The van der Waals surface area contributed by atoms with Crippen LogP contribution >= 0.6 is 11.8 Å². The molecule has 2 rings (SSSR count). The van der Waals surface area contributed by atoms with Crippen LogP contribution in [-0.2, 0) is 16.1 Å². The number of rotatable bonds is 7. The standard InChI is InChI=1S/C12H15N5O3S/c1-3-7-20-9-5-4-6-13-11(9)21-12-14-15-16-17(12)8-10(18)19-2/h4-6H,3,7-8H2,1-2H3. The van der Waals surface area contributed by atoms with Crippen molar-refractivity contribution in [3.05, 3.63) is 18.3 Å². The van der Waals surface area contributed by atoms with E-state index in [2.05, 4.69) is 25.2 Å². The summed E-state index contributed by atoms with van der Waals surface area (Å²) in [6.45, 7) is 2.58. The predicted octanol–water partition coefficient (Wildman–Crippen LogP) is 1.18. The number of ether oxygens (including phenoxy) is 2. The van der Waals surface area contributed by atoms with Gasteiger partial charge in [-0.05, 0) is 40.7 Å². The van der Waals surface area contributed by atoms with Gasteiger partial charge < -0.3 is 9.47 Å². The van der Waals surface area contributed by atoms with E-state index in [-0.39, 0.29) is 6.54 Å². The minimum atomic E-state index is -0.423. The van der Waals surface area contributed by atoms with Crippen molar-refractivity contribution in [1.82, 2.24) is 25.2 Å². The van der Waals surface area contributed by atoms with Gasteiger partial charge >= 0.3 is 5.97 Å². The van der Waals surface area contributed by atoms with Crippen LogP contribution in [0.2, 0.25) is 0 Å². The van der Waals surface area contributed by atoms with Crippen LogP contribution in [0.15, 0.2) is 28.5 Å². The van der Waals surface area contributed by atoms with Gasteiger partial charge in [0.25, 0.3) is 0 Å². The first-order valence-electron chi connectivity index (χ1n) is 6.33. The number of carbonyl (C=O) groups excluding carboxylic acids is 1. The maximum Gasteiger partial charge on any atom is 0.327 e. The smallest absolute Gasteiger partial charge is 0.327 e. The average Bonchev–Trinajstić information content (AvgIpc) is 2.93. The summed E-state index contributed by atoms with van der Waals surface area (Å²) in [5.41, 5.74) is 0. The highest BCUT2D eigenvalue weighted by atomic mass is 32.2. The molecule has 0 spiro atoms. The number of aromatic nitrogens is 5. The molecule has 21 heavy (non-hydrogen) atoms. The molecular weight excluding hydrogens is 294 g/mol. The van der Waals surface area contributed by atoms with E-state index in [0.717, 1.165) is 6.42 Å². The van der Waals surface area contributed by atoms with Crippen LogP contribution < -0.4 is 4.74 Å². The number of esters is 1. The molecule has 8 nitrogen and oxygen atoms in total. The van der Waals surface area contributed by atoms with E-state index in [1.54, 1.807) is 12.3 Å². The number of hydrogen-bond acceptors (Lipinski definition) is 8. The second kappa shape index (κ2) is 7.58. The molecule has 2 aromatic heterocycles. The third-order valence-electron chi connectivity index (χ3n) is 2.39. The van der Waals surface area contributed by atoms with Crippen molar-refractivity contribution in [2.75, 3.05) is 13.7 Å². The van der Waals surface area contributed by atoms with Gasteiger partial charge in [-0.1, -0.05) is 6.92 Å². The van der Waals surface area contributed by atoms with E-state index in [1.165, 1.54) is 23.6 Å². The minimum absolute atomic E-state index is 0.0518. The number of hydrogen-bond donors (Lipinski definition) is 0. The highest BCUT2D eigenvalue weighted by molar-refractivity contribution is 7.99. The number of methoxy groups -OCH3 is 1. The molecule has 9 heteroatoms. The van der Waals surface area contributed by atoms with Crippen LogP contribution in [0.25, 0.3) is 0 Å². The largest absolute Gasteiger partial charge is 0.491 e. The average molecular weight is 309 g/mol. The van der Waals surface area contributed by atoms with Crippen molar-refractivity contribution >= 4 is 17.7 Å². The van der Waals surface area contributed by atoms with Crippen LogP contribution in [0.1, 0.15) is 13.3 Å². The highest BCUT2D eigenvalue weighted by Crippen LogP contribution is 2.31. The topological polar surface area (TPSA) is 92.0 Å². The van der Waals surface area contributed by atoms with E-state index in [4.69, 9.17) is 4.74 Å². The fourth-order valence-corrected chi connectivity index (χ4v) is 2.21. The van der Waals surface area contributed by atoms with Crippen molar-refractivity contribution in [2.24, 2.45) is 0 Å². The molecule has 0 saturated carbocycles. The first-order valence-corrected chi connectivity index (χ1v) is 7.15. The molecule has 0 bridgehead atoms. The molecule has 0 atom stereocenters. The Labute approximate surface area is 125 Å². The van der Waals surface area contributed by atoms with Crippen molar-refractivity contribution in [3.8, 4) is 5.75 Å². The monoisotopic (exact) mass is 309 g/mol. The second-order valence-electron chi connectivity index (χ2n) is 3.95. The molecule has 0 aliphatic rings. The van der Waals surface area contributed by atoms with Gasteiger partial charge in [-0.25, -0.2) is 9.67 Å². The van der Waals surface area contributed by atoms with E-state index < -0.39 is 5.97 Å². The number of carbonyl (C=O) groups is 1. The van der Waals surface area contributed by atoms with Gasteiger partial charge in [0, 0.05) is 6.20 Å². The number of tetrazole rings is 1. The summed E-state index contributed by atoms with van der Waals surface area (Å²) >= 11 is 1.23. The summed E-state index contributed by atoms with van der Waals surface area (Å²) in [5, 5.41) is 12.3. The minimum Gasteiger partial charge on any atom is -0.491 e. The van der Waals surface area contributed by atoms with E-state index in [0.29, 0.717) is 22.5 Å². The van der Waals surface area contributed by atoms with Gasteiger partial charge in [0.1, 0.15) is 11.6 Å². The first-order chi connectivity index (χ1) is 10.2. The SMILES string of the molecule is CCCOc1cccnc1Sc1nnnn1CC(=O)OC. The van der Waals surface area contributed by atoms with E-state index in [9.17, 15) is 4.79 Å². The molecule has 0 aromatic carbocycles. The molecule has 0 amide bonds. The van der Waals surface area contributed by atoms with Gasteiger partial charge in [-0.15, -0.1) is 5.10 Å². The lowest BCUT2D eigenvalue weighted by molar-refractivity contribution is -0.141. The molecule has 0 fully saturated rings. The summed E-state index contributed by atoms with van der Waals surface area (Å²) < 4.78 is 11.6. The molecule has 0 aliphatic carbocycles. The third-order valence-corrected chi connectivity index (χ3v) is 3.37. The van der Waals surface area contributed by atoms with Crippen molar-refractivity contribution in [3.63, 3.8) is 0 Å². The Kier molecular flexibility index (Phi) is 5.50. The fraction of sp³-hybridized carbons (Fsp3) is 0.417. The highest BCUT2D eigenvalue weighted by Gasteiger charge is 2.15. The summed E-state index contributed by atoms with van der Waals surface area (Å²) in [5.74, 6) is 0.240. The van der Waals surface area contributed by atoms with Crippen LogP contribution in [-0.4, -0.2) is 44.9 Å². The molecule has 0 unspecified atom stereocenters.